The molecule has 0 spiro atoms. The van der Waals surface area contributed by atoms with Crippen molar-refractivity contribution in [3.05, 3.63) is 29.3 Å². The molecule has 86 valence electrons. The second-order valence-corrected chi connectivity index (χ2v) is 3.65. The van der Waals surface area contributed by atoms with E-state index < -0.39 is 12.1 Å². The van der Waals surface area contributed by atoms with Gasteiger partial charge in [-0.1, -0.05) is 11.6 Å². The minimum atomic E-state index is -1.06. The van der Waals surface area contributed by atoms with Crippen LogP contribution in [0.5, 0.6) is 5.75 Å². The molecule has 1 atom stereocenters. The van der Waals surface area contributed by atoms with Crippen molar-refractivity contribution in [3.8, 4) is 5.75 Å². The van der Waals surface area contributed by atoms with Gasteiger partial charge in [-0.15, -0.1) is 0 Å². The lowest BCUT2D eigenvalue weighted by Gasteiger charge is -2.13. The summed E-state index contributed by atoms with van der Waals surface area (Å²) in [7, 11) is 0. The zero-order valence-corrected chi connectivity index (χ0v) is 9.48. The van der Waals surface area contributed by atoms with Crippen LogP contribution in [0.2, 0.25) is 0 Å². The maximum atomic E-state index is 11.3. The molecule has 0 amide bonds. The average molecular weight is 222 g/mol. The minimum Gasteiger partial charge on any atom is -0.479 e. The molecule has 0 saturated carbocycles. The summed E-state index contributed by atoms with van der Waals surface area (Å²) in [6, 6.07) is 5.08. The predicted molar refractivity (Wildman–Crippen MR) is 58.9 cm³/mol. The molecule has 1 N–H and O–H groups in total. The van der Waals surface area contributed by atoms with Gasteiger partial charge in [0.15, 0.2) is 11.9 Å². The Hall–Kier alpha value is -1.84. The fourth-order valence-corrected chi connectivity index (χ4v) is 1.26. The Morgan fingerprint density at radius 1 is 1.38 bits per heavy atom. The molecule has 0 saturated heterocycles. The number of rotatable bonds is 4. The Bertz CT molecular complexity index is 423. The Balaban J connectivity index is 3.04. The molecule has 0 heterocycles. The van der Waals surface area contributed by atoms with Crippen LogP contribution >= 0.6 is 0 Å². The quantitative estimate of drug-likeness (QED) is 0.792. The van der Waals surface area contributed by atoms with Gasteiger partial charge in [-0.05, 0) is 32.9 Å². The molecular formula is C12H14O4. The number of carboxylic acids is 1. The van der Waals surface area contributed by atoms with Gasteiger partial charge in [-0.2, -0.15) is 0 Å². The number of carbonyl (C=O) groups is 2. The van der Waals surface area contributed by atoms with E-state index in [1.807, 2.05) is 6.92 Å². The van der Waals surface area contributed by atoms with Crippen LogP contribution in [0.15, 0.2) is 18.2 Å². The van der Waals surface area contributed by atoms with Crippen molar-refractivity contribution in [2.75, 3.05) is 0 Å². The first-order valence-electron chi connectivity index (χ1n) is 4.93. The topological polar surface area (TPSA) is 63.6 Å². The molecule has 0 bridgehead atoms. The number of carboxylic acid groups (broad SMARTS) is 1. The number of aryl methyl sites for hydroxylation is 1. The fraction of sp³-hybridized carbons (Fsp3) is 0.333. The Morgan fingerprint density at radius 3 is 2.50 bits per heavy atom. The average Bonchev–Trinajstić information content (AvgIpc) is 2.20. The fourth-order valence-electron chi connectivity index (χ4n) is 1.26. The number of benzene rings is 1. The van der Waals surface area contributed by atoms with Gasteiger partial charge in [0.25, 0.3) is 0 Å². The maximum absolute atomic E-state index is 11.3. The summed E-state index contributed by atoms with van der Waals surface area (Å²) >= 11 is 0. The molecule has 16 heavy (non-hydrogen) atoms. The van der Waals surface area contributed by atoms with Gasteiger partial charge in [0.1, 0.15) is 5.75 Å². The SMILES string of the molecule is CC(=O)c1cc(C)ccc1OC(C)C(=O)O. The predicted octanol–water partition coefficient (Wildman–Crippen LogP) is 2.05. The summed E-state index contributed by atoms with van der Waals surface area (Å²) in [6.45, 7) is 4.70. The maximum Gasteiger partial charge on any atom is 0.344 e. The molecule has 0 radical (unpaired) electrons. The van der Waals surface area contributed by atoms with Gasteiger partial charge >= 0.3 is 5.97 Å². The summed E-state index contributed by atoms with van der Waals surface area (Å²) in [5.74, 6) is -0.889. The second kappa shape index (κ2) is 4.79. The molecule has 0 aliphatic heterocycles. The summed E-state index contributed by atoms with van der Waals surface area (Å²) in [5, 5.41) is 8.72. The van der Waals surface area contributed by atoms with Crippen molar-refractivity contribution >= 4 is 11.8 Å². The molecule has 0 aliphatic rings. The van der Waals surface area contributed by atoms with Crippen LogP contribution in [0.25, 0.3) is 0 Å². The van der Waals surface area contributed by atoms with Gasteiger partial charge in [0.05, 0.1) is 5.56 Å². The van der Waals surface area contributed by atoms with Crippen LogP contribution in [-0.2, 0) is 4.79 Å². The van der Waals surface area contributed by atoms with Crippen molar-refractivity contribution in [1.29, 1.82) is 0 Å². The highest BCUT2D eigenvalue weighted by molar-refractivity contribution is 5.97. The zero-order valence-electron chi connectivity index (χ0n) is 9.48. The summed E-state index contributed by atoms with van der Waals surface area (Å²) in [5.41, 5.74) is 1.34. The smallest absolute Gasteiger partial charge is 0.344 e. The summed E-state index contributed by atoms with van der Waals surface area (Å²) < 4.78 is 5.20. The number of carbonyl (C=O) groups excluding carboxylic acids is 1. The summed E-state index contributed by atoms with van der Waals surface area (Å²) in [4.78, 5) is 22.0. The van der Waals surface area contributed by atoms with E-state index in [0.717, 1.165) is 5.56 Å². The van der Waals surface area contributed by atoms with E-state index in [1.165, 1.54) is 13.8 Å². The van der Waals surface area contributed by atoms with Gasteiger partial charge in [0.2, 0.25) is 0 Å². The molecular weight excluding hydrogens is 208 g/mol. The van der Waals surface area contributed by atoms with E-state index in [1.54, 1.807) is 18.2 Å². The first-order chi connectivity index (χ1) is 7.41. The van der Waals surface area contributed by atoms with Crippen LogP contribution in [0.1, 0.15) is 29.8 Å². The third-order valence-corrected chi connectivity index (χ3v) is 2.17. The molecule has 4 nitrogen and oxygen atoms in total. The molecule has 4 heteroatoms. The lowest BCUT2D eigenvalue weighted by Crippen LogP contribution is -2.23. The lowest BCUT2D eigenvalue weighted by molar-refractivity contribution is -0.144. The van der Waals surface area contributed by atoms with Crippen molar-refractivity contribution in [1.82, 2.24) is 0 Å². The first-order valence-corrected chi connectivity index (χ1v) is 4.93. The number of ether oxygens (including phenoxy) is 1. The van der Waals surface area contributed by atoms with Crippen molar-refractivity contribution < 1.29 is 19.4 Å². The Kier molecular flexibility index (Phi) is 3.66. The third kappa shape index (κ3) is 2.82. The van der Waals surface area contributed by atoms with Crippen LogP contribution in [-0.4, -0.2) is 23.0 Å². The van der Waals surface area contributed by atoms with Crippen LogP contribution < -0.4 is 4.74 Å². The van der Waals surface area contributed by atoms with Crippen molar-refractivity contribution in [2.24, 2.45) is 0 Å². The summed E-state index contributed by atoms with van der Waals surface area (Å²) in [6.07, 6.45) is -0.971. The molecule has 0 aliphatic carbocycles. The standard InChI is InChI=1S/C12H14O4/c1-7-4-5-11(10(6-7)8(2)13)16-9(3)12(14)15/h4-6,9H,1-3H3,(H,14,15). The van der Waals surface area contributed by atoms with E-state index >= 15 is 0 Å². The number of ketones is 1. The van der Waals surface area contributed by atoms with Gasteiger partial charge in [-0.3, -0.25) is 4.79 Å². The van der Waals surface area contributed by atoms with Gasteiger partial charge in [0, 0.05) is 0 Å². The van der Waals surface area contributed by atoms with Crippen LogP contribution in [0.4, 0.5) is 0 Å². The molecule has 0 fully saturated rings. The van der Waals surface area contributed by atoms with E-state index in [-0.39, 0.29) is 5.78 Å². The Labute approximate surface area is 93.9 Å². The highest BCUT2D eigenvalue weighted by atomic mass is 16.5. The van der Waals surface area contributed by atoms with Crippen LogP contribution in [0.3, 0.4) is 0 Å². The number of hydrogen-bond acceptors (Lipinski definition) is 3. The van der Waals surface area contributed by atoms with E-state index in [9.17, 15) is 9.59 Å². The first kappa shape index (κ1) is 12.2. The molecule has 1 rings (SSSR count). The molecule has 1 aromatic rings. The highest BCUT2D eigenvalue weighted by Gasteiger charge is 2.16. The highest BCUT2D eigenvalue weighted by Crippen LogP contribution is 2.21. The second-order valence-electron chi connectivity index (χ2n) is 3.65. The number of Topliss-reactive ketones (excluding diaryl/α,β-unsaturated/α-hetero) is 1. The largest absolute Gasteiger partial charge is 0.479 e. The number of hydrogen-bond donors (Lipinski definition) is 1. The van der Waals surface area contributed by atoms with Crippen molar-refractivity contribution in [3.63, 3.8) is 0 Å². The number of aliphatic carboxylic acids is 1. The molecule has 0 aromatic heterocycles. The normalized spacial score (nSPS) is 11.9. The van der Waals surface area contributed by atoms with E-state index in [0.29, 0.717) is 11.3 Å². The third-order valence-electron chi connectivity index (χ3n) is 2.17. The van der Waals surface area contributed by atoms with Gasteiger partial charge in [-0.25, -0.2) is 4.79 Å². The van der Waals surface area contributed by atoms with E-state index in [4.69, 9.17) is 9.84 Å². The monoisotopic (exact) mass is 222 g/mol. The van der Waals surface area contributed by atoms with E-state index in [2.05, 4.69) is 0 Å². The Morgan fingerprint density at radius 2 is 2.00 bits per heavy atom. The minimum absolute atomic E-state index is 0.142. The van der Waals surface area contributed by atoms with Crippen LogP contribution in [0, 0.1) is 6.92 Å². The van der Waals surface area contributed by atoms with Crippen molar-refractivity contribution in [2.45, 2.75) is 26.9 Å². The molecule has 1 unspecified atom stereocenters. The zero-order chi connectivity index (χ0) is 12.3. The van der Waals surface area contributed by atoms with Gasteiger partial charge < -0.3 is 9.84 Å². The molecule has 1 aromatic carbocycles. The lowest BCUT2D eigenvalue weighted by atomic mass is 10.1.